The number of methoxy groups -OCH3 is 1. The van der Waals surface area contributed by atoms with Crippen molar-refractivity contribution in [1.82, 2.24) is 4.98 Å². The Morgan fingerprint density at radius 1 is 1.29 bits per heavy atom. The molecule has 1 N–H and O–H groups in total. The van der Waals surface area contributed by atoms with E-state index in [1.807, 2.05) is 6.92 Å². The SMILES string of the molecule is COc1ccc(-c2csc(N3N=C4CC[C@@H](C)C[C@H]4[C@@]3(O)C(F)(F)F)n2)cc1. The van der Waals surface area contributed by atoms with Crippen molar-refractivity contribution in [3.05, 3.63) is 29.6 Å². The fourth-order valence-corrected chi connectivity index (χ4v) is 4.69. The second-order valence-electron chi connectivity index (χ2n) is 7.30. The monoisotopic (exact) mass is 411 g/mol. The highest BCUT2D eigenvalue weighted by molar-refractivity contribution is 7.14. The van der Waals surface area contributed by atoms with Crippen molar-refractivity contribution < 1.29 is 23.0 Å². The van der Waals surface area contributed by atoms with Gasteiger partial charge in [-0.15, -0.1) is 11.3 Å². The normalized spacial score (nSPS) is 27.5. The maximum Gasteiger partial charge on any atom is 0.439 e. The molecule has 1 aliphatic carbocycles. The summed E-state index contributed by atoms with van der Waals surface area (Å²) in [4.78, 5) is 4.34. The Kier molecular flexibility index (Phi) is 4.62. The number of alkyl halides is 3. The maximum absolute atomic E-state index is 14.0. The fraction of sp³-hybridized carbons (Fsp3) is 0.474. The highest BCUT2D eigenvalue weighted by Crippen LogP contribution is 2.51. The number of anilines is 1. The summed E-state index contributed by atoms with van der Waals surface area (Å²) in [6.07, 6.45) is -3.38. The Morgan fingerprint density at radius 2 is 2.00 bits per heavy atom. The number of thiazole rings is 1. The van der Waals surface area contributed by atoms with Gasteiger partial charge in [-0.3, -0.25) is 0 Å². The van der Waals surface area contributed by atoms with E-state index in [1.165, 1.54) is 0 Å². The Morgan fingerprint density at radius 3 is 2.64 bits per heavy atom. The third-order valence-corrected chi connectivity index (χ3v) is 6.26. The molecule has 1 saturated carbocycles. The van der Waals surface area contributed by atoms with Gasteiger partial charge in [0.05, 0.1) is 18.7 Å². The van der Waals surface area contributed by atoms with Gasteiger partial charge in [0.25, 0.3) is 5.72 Å². The zero-order valence-electron chi connectivity index (χ0n) is 15.4. The number of nitrogens with zero attached hydrogens (tertiary/aromatic N) is 3. The number of ether oxygens (including phenoxy) is 1. The van der Waals surface area contributed by atoms with Crippen LogP contribution in [0.1, 0.15) is 26.2 Å². The number of halogens is 3. The van der Waals surface area contributed by atoms with Gasteiger partial charge in [-0.2, -0.15) is 23.3 Å². The van der Waals surface area contributed by atoms with E-state index >= 15 is 0 Å². The van der Waals surface area contributed by atoms with Crippen molar-refractivity contribution in [3.8, 4) is 17.0 Å². The summed E-state index contributed by atoms with van der Waals surface area (Å²) in [5.74, 6) is -0.289. The van der Waals surface area contributed by atoms with Crippen molar-refractivity contribution in [2.75, 3.05) is 12.1 Å². The van der Waals surface area contributed by atoms with Gasteiger partial charge in [0, 0.05) is 16.7 Å². The summed E-state index contributed by atoms with van der Waals surface area (Å²) in [7, 11) is 1.56. The first-order valence-corrected chi connectivity index (χ1v) is 9.88. The summed E-state index contributed by atoms with van der Waals surface area (Å²) in [6, 6.07) is 7.08. The first kappa shape index (κ1) is 19.2. The zero-order chi connectivity index (χ0) is 20.1. The third kappa shape index (κ3) is 2.97. The van der Waals surface area contributed by atoms with E-state index < -0.39 is 17.8 Å². The number of aromatic nitrogens is 1. The summed E-state index contributed by atoms with van der Waals surface area (Å²) >= 11 is 1.03. The summed E-state index contributed by atoms with van der Waals surface area (Å²) in [6.45, 7) is 1.90. The lowest BCUT2D eigenvalue weighted by molar-refractivity contribution is -0.269. The molecule has 4 rings (SSSR count). The smallest absolute Gasteiger partial charge is 0.439 e. The van der Waals surface area contributed by atoms with Gasteiger partial charge in [-0.05, 0) is 49.4 Å². The van der Waals surface area contributed by atoms with E-state index in [4.69, 9.17) is 4.74 Å². The zero-order valence-corrected chi connectivity index (χ0v) is 16.2. The predicted molar refractivity (Wildman–Crippen MR) is 102 cm³/mol. The van der Waals surface area contributed by atoms with Crippen molar-refractivity contribution in [3.63, 3.8) is 0 Å². The van der Waals surface area contributed by atoms with Crippen LogP contribution < -0.4 is 9.75 Å². The van der Waals surface area contributed by atoms with E-state index in [9.17, 15) is 18.3 Å². The number of benzene rings is 1. The average Bonchev–Trinajstić information content (AvgIpc) is 3.25. The molecule has 150 valence electrons. The number of fused-ring (bicyclic) bond motifs is 1. The molecular weight excluding hydrogens is 391 g/mol. The van der Waals surface area contributed by atoms with Crippen LogP contribution in [0.4, 0.5) is 18.3 Å². The summed E-state index contributed by atoms with van der Waals surface area (Å²) in [5.41, 5.74) is -1.39. The van der Waals surface area contributed by atoms with E-state index in [-0.39, 0.29) is 17.5 Å². The van der Waals surface area contributed by atoms with Gasteiger partial charge in [0.15, 0.2) is 0 Å². The number of aliphatic hydroxyl groups is 1. The molecule has 0 unspecified atom stereocenters. The van der Waals surface area contributed by atoms with E-state index in [1.54, 1.807) is 36.8 Å². The van der Waals surface area contributed by atoms with Crippen molar-refractivity contribution >= 4 is 22.2 Å². The molecule has 0 radical (unpaired) electrons. The molecule has 3 atom stereocenters. The van der Waals surface area contributed by atoms with Crippen LogP contribution in [0.2, 0.25) is 0 Å². The number of hydrazone groups is 1. The average molecular weight is 411 g/mol. The van der Waals surface area contributed by atoms with Crippen molar-refractivity contribution in [2.45, 2.75) is 38.1 Å². The Bertz CT molecular complexity index is 897. The van der Waals surface area contributed by atoms with Gasteiger partial charge in [-0.25, -0.2) is 4.98 Å². The Hall–Kier alpha value is -2.13. The molecule has 28 heavy (non-hydrogen) atoms. The maximum atomic E-state index is 14.0. The molecule has 9 heteroatoms. The molecule has 1 fully saturated rings. The molecule has 2 aliphatic rings. The first-order chi connectivity index (χ1) is 13.2. The quantitative estimate of drug-likeness (QED) is 0.797. The van der Waals surface area contributed by atoms with Crippen LogP contribution in [0.5, 0.6) is 5.75 Å². The lowest BCUT2D eigenvalue weighted by Gasteiger charge is -2.39. The van der Waals surface area contributed by atoms with Crippen LogP contribution in [0.25, 0.3) is 11.3 Å². The molecular formula is C19H20F3N3O2S. The largest absolute Gasteiger partial charge is 0.497 e. The van der Waals surface area contributed by atoms with E-state index in [0.717, 1.165) is 23.3 Å². The molecule has 2 aromatic rings. The van der Waals surface area contributed by atoms with Gasteiger partial charge < -0.3 is 9.84 Å². The highest BCUT2D eigenvalue weighted by atomic mass is 32.1. The van der Waals surface area contributed by atoms with E-state index in [2.05, 4.69) is 10.1 Å². The lowest BCUT2D eigenvalue weighted by atomic mass is 9.76. The minimum absolute atomic E-state index is 0.0280. The third-order valence-electron chi connectivity index (χ3n) is 5.45. The number of hydrogen-bond donors (Lipinski definition) is 1. The molecule has 0 spiro atoms. The van der Waals surface area contributed by atoms with Crippen LogP contribution in [0.15, 0.2) is 34.7 Å². The Labute approximate surface area is 164 Å². The van der Waals surface area contributed by atoms with Crippen molar-refractivity contribution in [2.24, 2.45) is 16.9 Å². The standard InChI is InChI=1S/C19H20F3N3O2S/c1-11-3-8-15-14(9-11)18(26,19(20,21)22)25(24-15)17-23-16(10-28-17)12-4-6-13(27-2)7-5-12/h4-7,10-11,14,26H,3,8-9H2,1-2H3/t11-,14-,18-/m1/s1. The number of hydrogen-bond acceptors (Lipinski definition) is 6. The van der Waals surface area contributed by atoms with Gasteiger partial charge >= 0.3 is 6.18 Å². The molecule has 5 nitrogen and oxygen atoms in total. The van der Waals surface area contributed by atoms with Crippen molar-refractivity contribution in [1.29, 1.82) is 0 Å². The van der Waals surface area contributed by atoms with Crippen LogP contribution in [0, 0.1) is 11.8 Å². The lowest BCUT2D eigenvalue weighted by Crippen LogP contribution is -2.60. The molecule has 0 amide bonds. The van der Waals surface area contributed by atoms with Crippen LogP contribution >= 0.6 is 11.3 Å². The minimum atomic E-state index is -4.86. The predicted octanol–water partition coefficient (Wildman–Crippen LogP) is 4.68. The molecule has 2 heterocycles. The topological polar surface area (TPSA) is 58.0 Å². The first-order valence-electron chi connectivity index (χ1n) is 9.00. The van der Waals surface area contributed by atoms with Crippen LogP contribution in [-0.2, 0) is 0 Å². The minimum Gasteiger partial charge on any atom is -0.497 e. The molecule has 0 bridgehead atoms. The van der Waals surface area contributed by atoms with Crippen LogP contribution in [0.3, 0.4) is 0 Å². The molecule has 1 aromatic heterocycles. The van der Waals surface area contributed by atoms with Gasteiger partial charge in [-0.1, -0.05) is 6.92 Å². The van der Waals surface area contributed by atoms with E-state index in [0.29, 0.717) is 28.6 Å². The van der Waals surface area contributed by atoms with Gasteiger partial charge in [0.1, 0.15) is 5.75 Å². The summed E-state index contributed by atoms with van der Waals surface area (Å²) in [5, 5.41) is 17.4. The fourth-order valence-electron chi connectivity index (χ4n) is 3.86. The Balaban J connectivity index is 1.71. The van der Waals surface area contributed by atoms with Gasteiger partial charge in [0.2, 0.25) is 5.13 Å². The second-order valence-corrected chi connectivity index (χ2v) is 8.14. The molecule has 1 aromatic carbocycles. The molecule has 0 saturated heterocycles. The second kappa shape index (κ2) is 6.73. The summed E-state index contributed by atoms with van der Waals surface area (Å²) < 4.78 is 47.1. The highest BCUT2D eigenvalue weighted by Gasteiger charge is 2.68. The molecule has 1 aliphatic heterocycles. The van der Waals surface area contributed by atoms with Crippen LogP contribution in [-0.4, -0.2) is 34.8 Å². The number of rotatable bonds is 3.